The van der Waals surface area contributed by atoms with Crippen molar-refractivity contribution in [2.24, 2.45) is 5.92 Å². The number of urea groups is 1. The number of aliphatic hydroxyl groups excluding tert-OH is 1. The van der Waals surface area contributed by atoms with Crippen LogP contribution in [0.2, 0.25) is 0 Å². The van der Waals surface area contributed by atoms with Crippen molar-refractivity contribution in [1.29, 1.82) is 0 Å². The van der Waals surface area contributed by atoms with Crippen molar-refractivity contribution in [2.75, 3.05) is 39.5 Å². The van der Waals surface area contributed by atoms with Crippen molar-refractivity contribution in [2.45, 2.75) is 31.1 Å². The fourth-order valence-electron chi connectivity index (χ4n) is 3.80. The number of nitrogens with one attached hydrogen (secondary N) is 1. The van der Waals surface area contributed by atoms with Crippen LogP contribution in [0, 0.1) is 5.92 Å². The van der Waals surface area contributed by atoms with Crippen LogP contribution in [0.15, 0.2) is 30.3 Å². The molecule has 0 aliphatic carbocycles. The van der Waals surface area contributed by atoms with E-state index in [1.54, 1.807) is 0 Å². The number of carbonyl (C=O) groups is 1. The Kier molecular flexibility index (Phi) is 5.74. The molecule has 0 spiro atoms. The number of amides is 2. The van der Waals surface area contributed by atoms with E-state index in [9.17, 15) is 9.90 Å². The molecule has 0 radical (unpaired) electrons. The molecule has 0 saturated carbocycles. The van der Waals surface area contributed by atoms with Crippen molar-refractivity contribution in [3.05, 3.63) is 35.9 Å². The Hall–Kier alpha value is -1.59. The number of ether oxygens (including phenoxy) is 1. The summed E-state index contributed by atoms with van der Waals surface area (Å²) < 4.78 is 5.55. The Morgan fingerprint density at radius 2 is 1.88 bits per heavy atom. The van der Waals surface area contributed by atoms with E-state index in [0.717, 1.165) is 52.0 Å². The van der Waals surface area contributed by atoms with Gasteiger partial charge in [0.25, 0.3) is 0 Å². The van der Waals surface area contributed by atoms with Crippen molar-refractivity contribution in [1.82, 2.24) is 10.2 Å². The van der Waals surface area contributed by atoms with E-state index in [1.807, 2.05) is 11.0 Å². The molecule has 2 saturated heterocycles. The van der Waals surface area contributed by atoms with E-state index < -0.39 is 0 Å². The van der Waals surface area contributed by atoms with E-state index >= 15 is 0 Å². The van der Waals surface area contributed by atoms with Gasteiger partial charge in [0.05, 0.1) is 0 Å². The first-order valence-corrected chi connectivity index (χ1v) is 9.00. The maximum absolute atomic E-state index is 12.5. The number of piperidine rings is 1. The number of carbonyl (C=O) groups excluding carboxylic acids is 1. The first-order chi connectivity index (χ1) is 11.7. The minimum atomic E-state index is -0.0292. The van der Waals surface area contributed by atoms with Crippen LogP contribution in [0.4, 0.5) is 4.79 Å². The van der Waals surface area contributed by atoms with Crippen LogP contribution in [0.5, 0.6) is 0 Å². The van der Waals surface area contributed by atoms with Gasteiger partial charge in [0.1, 0.15) is 0 Å². The summed E-state index contributed by atoms with van der Waals surface area (Å²) in [6.45, 7) is 3.84. The number of hydrogen-bond acceptors (Lipinski definition) is 3. The smallest absolute Gasteiger partial charge is 0.317 e. The molecule has 0 unspecified atom stereocenters. The molecule has 132 valence electrons. The average molecular weight is 332 g/mol. The van der Waals surface area contributed by atoms with Gasteiger partial charge in [-0.1, -0.05) is 30.3 Å². The molecule has 0 atom stereocenters. The molecule has 2 amide bonds. The molecular weight excluding hydrogens is 304 g/mol. The average Bonchev–Trinajstić information content (AvgIpc) is 2.67. The van der Waals surface area contributed by atoms with E-state index in [4.69, 9.17) is 4.74 Å². The number of rotatable bonds is 4. The van der Waals surface area contributed by atoms with Crippen LogP contribution in [0.25, 0.3) is 0 Å². The molecule has 3 rings (SSSR count). The lowest BCUT2D eigenvalue weighted by molar-refractivity contribution is 0.0498. The van der Waals surface area contributed by atoms with E-state index in [-0.39, 0.29) is 18.1 Å². The third kappa shape index (κ3) is 3.90. The maximum Gasteiger partial charge on any atom is 0.317 e. The molecule has 2 fully saturated rings. The van der Waals surface area contributed by atoms with Gasteiger partial charge in [-0.3, -0.25) is 0 Å². The summed E-state index contributed by atoms with van der Waals surface area (Å²) in [7, 11) is 0. The minimum Gasteiger partial charge on any atom is -0.396 e. The Morgan fingerprint density at radius 3 is 2.50 bits per heavy atom. The first-order valence-electron chi connectivity index (χ1n) is 9.00. The zero-order chi connectivity index (χ0) is 16.8. The molecule has 0 aromatic heterocycles. The van der Waals surface area contributed by atoms with Gasteiger partial charge in [-0.15, -0.1) is 0 Å². The van der Waals surface area contributed by atoms with Crippen molar-refractivity contribution in [3.8, 4) is 0 Å². The lowest BCUT2D eigenvalue weighted by Gasteiger charge is -2.39. The largest absolute Gasteiger partial charge is 0.396 e. The molecule has 24 heavy (non-hydrogen) atoms. The number of benzene rings is 1. The normalized spacial score (nSPS) is 21.5. The summed E-state index contributed by atoms with van der Waals surface area (Å²) in [5.74, 6) is 0.347. The van der Waals surface area contributed by atoms with Gasteiger partial charge in [-0.05, 0) is 37.2 Å². The molecule has 2 heterocycles. The van der Waals surface area contributed by atoms with E-state index in [0.29, 0.717) is 12.5 Å². The van der Waals surface area contributed by atoms with E-state index in [2.05, 4.69) is 29.6 Å². The van der Waals surface area contributed by atoms with Crippen LogP contribution >= 0.6 is 0 Å². The van der Waals surface area contributed by atoms with Crippen molar-refractivity contribution < 1.29 is 14.6 Å². The maximum atomic E-state index is 12.5. The summed E-state index contributed by atoms with van der Waals surface area (Å²) in [4.78, 5) is 14.4. The Balaban J connectivity index is 1.61. The molecule has 1 aromatic rings. The summed E-state index contributed by atoms with van der Waals surface area (Å²) in [6.07, 6.45) is 3.65. The molecule has 0 bridgehead atoms. The summed E-state index contributed by atoms with van der Waals surface area (Å²) in [5, 5.41) is 12.4. The monoisotopic (exact) mass is 332 g/mol. The molecule has 5 heteroatoms. The van der Waals surface area contributed by atoms with Gasteiger partial charge in [0, 0.05) is 44.9 Å². The second-order valence-electron chi connectivity index (χ2n) is 7.03. The number of likely N-dealkylation sites (tertiary alicyclic amines) is 1. The molecule has 2 N–H and O–H groups in total. The number of hydrogen-bond donors (Lipinski definition) is 2. The highest BCUT2D eigenvalue weighted by Gasteiger charge is 2.35. The Morgan fingerprint density at radius 1 is 1.21 bits per heavy atom. The Bertz CT molecular complexity index is 521. The van der Waals surface area contributed by atoms with Gasteiger partial charge in [0.15, 0.2) is 0 Å². The molecule has 2 aliphatic rings. The van der Waals surface area contributed by atoms with Crippen LogP contribution in [-0.2, 0) is 10.2 Å². The van der Waals surface area contributed by atoms with Crippen molar-refractivity contribution >= 4 is 6.03 Å². The van der Waals surface area contributed by atoms with Gasteiger partial charge in [0.2, 0.25) is 0 Å². The summed E-state index contributed by atoms with van der Waals surface area (Å²) in [6, 6.07) is 10.5. The quantitative estimate of drug-likeness (QED) is 0.888. The second kappa shape index (κ2) is 7.99. The third-order valence-electron chi connectivity index (χ3n) is 5.57. The molecule has 5 nitrogen and oxygen atoms in total. The topological polar surface area (TPSA) is 61.8 Å². The summed E-state index contributed by atoms with van der Waals surface area (Å²) in [5.41, 5.74) is 1.26. The van der Waals surface area contributed by atoms with Gasteiger partial charge >= 0.3 is 6.03 Å². The van der Waals surface area contributed by atoms with Gasteiger partial charge in [-0.25, -0.2) is 4.79 Å². The van der Waals surface area contributed by atoms with E-state index in [1.165, 1.54) is 5.56 Å². The predicted octanol–water partition coefficient (Wildman–Crippen LogP) is 2.15. The lowest BCUT2D eigenvalue weighted by atomic mass is 9.74. The summed E-state index contributed by atoms with van der Waals surface area (Å²) >= 11 is 0. The highest BCUT2D eigenvalue weighted by Crippen LogP contribution is 2.34. The molecule has 2 aliphatic heterocycles. The highest BCUT2D eigenvalue weighted by molar-refractivity contribution is 5.74. The highest BCUT2D eigenvalue weighted by atomic mass is 16.5. The number of nitrogens with zero attached hydrogens (tertiary/aromatic N) is 1. The molecule has 1 aromatic carbocycles. The Labute approximate surface area is 144 Å². The minimum absolute atomic E-state index is 0.0215. The van der Waals surface area contributed by atoms with Gasteiger partial charge in [-0.2, -0.15) is 0 Å². The fraction of sp³-hybridized carbons (Fsp3) is 0.632. The lowest BCUT2D eigenvalue weighted by Crippen LogP contribution is -2.50. The third-order valence-corrected chi connectivity index (χ3v) is 5.57. The SMILES string of the molecule is O=C(NCC1(c2ccccc2)CCOCC1)N1CCC(CO)CC1. The first kappa shape index (κ1) is 17.2. The molecular formula is C19H28N2O3. The van der Waals surface area contributed by atoms with Crippen LogP contribution < -0.4 is 5.32 Å². The zero-order valence-corrected chi connectivity index (χ0v) is 14.2. The van der Waals surface area contributed by atoms with Crippen LogP contribution in [0.3, 0.4) is 0 Å². The fourth-order valence-corrected chi connectivity index (χ4v) is 3.80. The van der Waals surface area contributed by atoms with Crippen LogP contribution in [-0.4, -0.2) is 55.5 Å². The zero-order valence-electron chi connectivity index (χ0n) is 14.2. The van der Waals surface area contributed by atoms with Crippen molar-refractivity contribution in [3.63, 3.8) is 0 Å². The predicted molar refractivity (Wildman–Crippen MR) is 93.0 cm³/mol. The van der Waals surface area contributed by atoms with Crippen LogP contribution in [0.1, 0.15) is 31.2 Å². The standard InChI is InChI=1S/C19H28N2O3/c22-14-16-6-10-21(11-7-16)18(23)20-15-19(8-12-24-13-9-19)17-4-2-1-3-5-17/h1-5,16,22H,6-15H2,(H,20,23). The number of aliphatic hydroxyl groups is 1. The van der Waals surface area contributed by atoms with Gasteiger partial charge < -0.3 is 20.1 Å². The second-order valence-corrected chi connectivity index (χ2v) is 7.03.